The maximum absolute atomic E-state index is 11.6. The molecule has 0 amide bonds. The van der Waals surface area contributed by atoms with Crippen LogP contribution in [0.15, 0.2) is 21.5 Å². The minimum atomic E-state index is -3.85. The molecule has 0 aliphatic carbocycles. The number of unbranched alkanes of at least 4 members (excludes halogenated alkanes) is 1. The van der Waals surface area contributed by atoms with Gasteiger partial charge in [-0.15, -0.1) is 0 Å². The van der Waals surface area contributed by atoms with Crippen LogP contribution < -0.4 is 4.74 Å². The number of ether oxygens (including phenoxy) is 2. The Balaban J connectivity index is 2.74. The van der Waals surface area contributed by atoms with Gasteiger partial charge in [-0.1, -0.05) is 29.3 Å². The van der Waals surface area contributed by atoms with E-state index in [1.165, 1.54) is 6.07 Å². The van der Waals surface area contributed by atoms with Gasteiger partial charge in [0.1, 0.15) is 17.3 Å². The van der Waals surface area contributed by atoms with Crippen molar-refractivity contribution in [2.24, 2.45) is 0 Å². The third kappa shape index (κ3) is 5.60. The molecular formula is C13H18BrClO4S. The highest BCUT2D eigenvalue weighted by atomic mass is 79.9. The Bertz CT molecular complexity index is 546. The van der Waals surface area contributed by atoms with Gasteiger partial charge in [0.25, 0.3) is 9.05 Å². The number of halogens is 2. The lowest BCUT2D eigenvalue weighted by Gasteiger charge is -2.13. The van der Waals surface area contributed by atoms with Crippen LogP contribution in [0.1, 0.15) is 25.3 Å². The number of benzene rings is 1. The Kier molecular flexibility index (Phi) is 7.29. The van der Waals surface area contributed by atoms with Gasteiger partial charge in [-0.05, 0) is 31.0 Å². The predicted molar refractivity (Wildman–Crippen MR) is 83.1 cm³/mol. The van der Waals surface area contributed by atoms with Crippen molar-refractivity contribution in [1.29, 1.82) is 0 Å². The van der Waals surface area contributed by atoms with Gasteiger partial charge in [0.05, 0.1) is 6.61 Å². The van der Waals surface area contributed by atoms with Gasteiger partial charge >= 0.3 is 0 Å². The second kappa shape index (κ2) is 8.22. The van der Waals surface area contributed by atoms with Crippen LogP contribution >= 0.6 is 26.6 Å². The maximum Gasteiger partial charge on any atom is 0.265 e. The number of rotatable bonds is 8. The van der Waals surface area contributed by atoms with Crippen molar-refractivity contribution in [3.05, 3.63) is 22.2 Å². The van der Waals surface area contributed by atoms with Crippen molar-refractivity contribution in [1.82, 2.24) is 0 Å². The summed E-state index contributed by atoms with van der Waals surface area (Å²) in [6, 6.07) is 3.21. The lowest BCUT2D eigenvalue weighted by molar-refractivity contribution is 0.0968. The molecule has 1 aromatic carbocycles. The first-order valence-corrected chi connectivity index (χ1v) is 9.42. The van der Waals surface area contributed by atoms with Gasteiger partial charge in [0, 0.05) is 21.8 Å². The van der Waals surface area contributed by atoms with Gasteiger partial charge in [0.15, 0.2) is 0 Å². The molecule has 0 aliphatic heterocycles. The van der Waals surface area contributed by atoms with E-state index in [4.69, 9.17) is 20.2 Å². The van der Waals surface area contributed by atoms with Gasteiger partial charge in [-0.25, -0.2) is 8.42 Å². The summed E-state index contributed by atoms with van der Waals surface area (Å²) in [6.07, 6.45) is 2.07. The molecule has 0 heterocycles. The summed E-state index contributed by atoms with van der Waals surface area (Å²) in [5.74, 6) is 0.280. The average molecular weight is 386 g/mol. The van der Waals surface area contributed by atoms with Crippen LogP contribution in [-0.2, 0) is 13.8 Å². The van der Waals surface area contributed by atoms with Crippen molar-refractivity contribution < 1.29 is 17.9 Å². The normalized spacial score (nSPS) is 11.6. The summed E-state index contributed by atoms with van der Waals surface area (Å²) in [5, 5.41) is 0. The molecule has 7 heteroatoms. The summed E-state index contributed by atoms with van der Waals surface area (Å²) in [5.41, 5.74) is 0.701. The standard InChI is InChI=1S/C13H18BrClO4S/c1-3-4-5-18-6-7-19-13-10(2)8-11(14)9-12(13)20(15,16)17/h8-9H,3-7H2,1-2H3. The van der Waals surface area contributed by atoms with Crippen molar-refractivity contribution >= 4 is 35.7 Å². The zero-order valence-electron chi connectivity index (χ0n) is 11.5. The summed E-state index contributed by atoms with van der Waals surface area (Å²) < 4.78 is 34.7. The Morgan fingerprint density at radius 3 is 2.55 bits per heavy atom. The fraction of sp³-hybridized carbons (Fsp3) is 0.538. The molecule has 20 heavy (non-hydrogen) atoms. The molecule has 0 saturated carbocycles. The maximum atomic E-state index is 11.6. The Labute approximate surface area is 133 Å². The first-order chi connectivity index (χ1) is 9.36. The Morgan fingerprint density at radius 1 is 1.25 bits per heavy atom. The van der Waals surface area contributed by atoms with Crippen LogP contribution in [0.3, 0.4) is 0 Å². The average Bonchev–Trinajstić information content (AvgIpc) is 2.34. The lowest BCUT2D eigenvalue weighted by Crippen LogP contribution is -2.10. The molecule has 0 aliphatic rings. The third-order valence-electron chi connectivity index (χ3n) is 2.58. The quantitative estimate of drug-likeness (QED) is 0.503. The Hall–Kier alpha value is -0.300. The third-order valence-corrected chi connectivity index (χ3v) is 4.37. The minimum Gasteiger partial charge on any atom is -0.489 e. The molecular weight excluding hydrogens is 368 g/mol. The molecule has 4 nitrogen and oxygen atoms in total. The molecule has 0 atom stereocenters. The monoisotopic (exact) mass is 384 g/mol. The van der Waals surface area contributed by atoms with Gasteiger partial charge in [-0.3, -0.25) is 0 Å². The lowest BCUT2D eigenvalue weighted by atomic mass is 10.2. The van der Waals surface area contributed by atoms with Crippen LogP contribution in [0.5, 0.6) is 5.75 Å². The minimum absolute atomic E-state index is 0.0281. The van der Waals surface area contributed by atoms with Crippen LogP contribution in [0.2, 0.25) is 0 Å². The number of hydrogen-bond donors (Lipinski definition) is 0. The predicted octanol–water partition coefficient (Wildman–Crippen LogP) is 3.88. The molecule has 0 unspecified atom stereocenters. The van der Waals surface area contributed by atoms with Crippen molar-refractivity contribution in [3.8, 4) is 5.75 Å². The molecule has 0 spiro atoms. The van der Waals surface area contributed by atoms with Crippen LogP contribution in [0, 0.1) is 6.92 Å². The van der Waals surface area contributed by atoms with Gasteiger partial charge in [-0.2, -0.15) is 0 Å². The highest BCUT2D eigenvalue weighted by molar-refractivity contribution is 9.10. The van der Waals surface area contributed by atoms with Crippen molar-refractivity contribution in [2.45, 2.75) is 31.6 Å². The van der Waals surface area contributed by atoms with Gasteiger partial charge in [0.2, 0.25) is 0 Å². The molecule has 114 valence electrons. The van der Waals surface area contributed by atoms with Gasteiger partial charge < -0.3 is 9.47 Å². The fourth-order valence-corrected chi connectivity index (χ4v) is 3.39. The summed E-state index contributed by atoms with van der Waals surface area (Å²) >= 11 is 3.25. The number of aryl methyl sites for hydroxylation is 1. The second-order valence-electron chi connectivity index (χ2n) is 4.30. The largest absolute Gasteiger partial charge is 0.489 e. The van der Waals surface area contributed by atoms with Crippen LogP contribution in [0.4, 0.5) is 0 Å². The molecule has 1 aromatic rings. The zero-order chi connectivity index (χ0) is 15.2. The van der Waals surface area contributed by atoms with E-state index in [9.17, 15) is 8.42 Å². The SMILES string of the molecule is CCCCOCCOc1c(C)cc(Br)cc1S(=O)(=O)Cl. The van der Waals surface area contributed by atoms with E-state index < -0.39 is 9.05 Å². The second-order valence-corrected chi connectivity index (χ2v) is 7.75. The van der Waals surface area contributed by atoms with Crippen molar-refractivity contribution in [2.75, 3.05) is 19.8 Å². The molecule has 0 fully saturated rings. The van der Waals surface area contributed by atoms with E-state index in [0.717, 1.165) is 12.8 Å². The topological polar surface area (TPSA) is 52.6 Å². The molecule has 0 saturated heterocycles. The first-order valence-electron chi connectivity index (χ1n) is 6.31. The van der Waals surface area contributed by atoms with E-state index in [0.29, 0.717) is 23.2 Å². The zero-order valence-corrected chi connectivity index (χ0v) is 14.6. The summed E-state index contributed by atoms with van der Waals surface area (Å²) in [6.45, 7) is 5.23. The van der Waals surface area contributed by atoms with E-state index in [1.54, 1.807) is 13.0 Å². The Morgan fingerprint density at radius 2 is 1.95 bits per heavy atom. The van der Waals surface area contributed by atoms with E-state index in [-0.39, 0.29) is 17.3 Å². The smallest absolute Gasteiger partial charge is 0.265 e. The fourth-order valence-electron chi connectivity index (χ4n) is 1.62. The number of hydrogen-bond acceptors (Lipinski definition) is 4. The van der Waals surface area contributed by atoms with Crippen LogP contribution in [-0.4, -0.2) is 28.2 Å². The molecule has 1 rings (SSSR count). The van der Waals surface area contributed by atoms with E-state index in [1.807, 2.05) is 0 Å². The molecule has 0 radical (unpaired) electrons. The highest BCUT2D eigenvalue weighted by Gasteiger charge is 2.20. The molecule has 0 bridgehead atoms. The van der Waals surface area contributed by atoms with E-state index >= 15 is 0 Å². The van der Waals surface area contributed by atoms with E-state index in [2.05, 4.69) is 22.9 Å². The highest BCUT2D eigenvalue weighted by Crippen LogP contribution is 2.33. The summed E-state index contributed by atoms with van der Waals surface area (Å²) in [4.78, 5) is -0.0281. The summed E-state index contributed by atoms with van der Waals surface area (Å²) in [7, 11) is 1.58. The molecule has 0 N–H and O–H groups in total. The first kappa shape index (κ1) is 17.8. The van der Waals surface area contributed by atoms with Crippen LogP contribution in [0.25, 0.3) is 0 Å². The van der Waals surface area contributed by atoms with Crippen molar-refractivity contribution in [3.63, 3.8) is 0 Å². The molecule has 0 aromatic heterocycles.